The molecule has 2 rings (SSSR count). The Morgan fingerprint density at radius 2 is 1.89 bits per heavy atom. The molecule has 0 N–H and O–H groups in total. The highest BCUT2D eigenvalue weighted by atomic mass is 15.1. The lowest BCUT2D eigenvalue weighted by atomic mass is 9.38. The molecular formula is C15H24BN2+. The number of fused-ring (bicyclic) bond motifs is 1. The maximum atomic E-state index is 2.40. The van der Waals surface area contributed by atoms with Crippen LogP contribution in [0.3, 0.4) is 0 Å². The highest BCUT2D eigenvalue weighted by Gasteiger charge is 2.22. The molecule has 2 nitrogen and oxygen atoms in total. The zero-order valence-electron chi connectivity index (χ0n) is 12.1. The van der Waals surface area contributed by atoms with Crippen molar-refractivity contribution in [3.8, 4) is 0 Å². The van der Waals surface area contributed by atoms with Crippen molar-refractivity contribution >= 4 is 17.7 Å². The molecule has 0 amide bonds. The number of hydrogen-bond donors (Lipinski definition) is 0. The van der Waals surface area contributed by atoms with Crippen LogP contribution in [0.2, 0.25) is 18.5 Å². The zero-order valence-corrected chi connectivity index (χ0v) is 12.1. The van der Waals surface area contributed by atoms with E-state index in [0.29, 0.717) is 0 Å². The highest BCUT2D eigenvalue weighted by molar-refractivity contribution is 6.60. The van der Waals surface area contributed by atoms with E-state index in [-0.39, 0.29) is 0 Å². The van der Waals surface area contributed by atoms with Crippen LogP contribution >= 0.6 is 0 Å². The van der Waals surface area contributed by atoms with Crippen LogP contribution in [0.25, 0.3) is 11.0 Å². The number of para-hydroxylation sites is 2. The normalized spacial score (nSPS) is 12.9. The molecule has 1 heterocycles. The van der Waals surface area contributed by atoms with Crippen molar-refractivity contribution in [3.05, 3.63) is 30.6 Å². The van der Waals surface area contributed by atoms with Gasteiger partial charge in [0.1, 0.15) is 6.71 Å². The smallest absolute Gasteiger partial charge is 0.233 e. The fourth-order valence-electron chi connectivity index (χ4n) is 3.04. The van der Waals surface area contributed by atoms with Gasteiger partial charge >= 0.3 is 0 Å². The Morgan fingerprint density at radius 3 is 2.56 bits per heavy atom. The molecule has 1 unspecified atom stereocenters. The van der Waals surface area contributed by atoms with Gasteiger partial charge in [-0.1, -0.05) is 45.5 Å². The molecule has 3 heteroatoms. The van der Waals surface area contributed by atoms with Gasteiger partial charge in [-0.3, -0.25) is 0 Å². The predicted octanol–water partition coefficient (Wildman–Crippen LogP) is 3.39. The molecule has 0 spiro atoms. The first kappa shape index (κ1) is 13.2. The zero-order chi connectivity index (χ0) is 13.1. The first-order valence-corrected chi connectivity index (χ1v) is 7.10. The minimum Gasteiger partial charge on any atom is -0.233 e. The summed E-state index contributed by atoms with van der Waals surface area (Å²) in [6.45, 7) is 8.94. The molecule has 96 valence electrons. The minimum absolute atomic E-state index is 0.732. The van der Waals surface area contributed by atoms with Crippen LogP contribution < -0.4 is 4.57 Å². The Morgan fingerprint density at radius 1 is 1.22 bits per heavy atom. The largest absolute Gasteiger partial charge is 0.244 e. The van der Waals surface area contributed by atoms with Gasteiger partial charge in [0, 0.05) is 0 Å². The lowest BCUT2D eigenvalue weighted by Gasteiger charge is -2.16. The van der Waals surface area contributed by atoms with Crippen molar-refractivity contribution < 1.29 is 4.57 Å². The summed E-state index contributed by atoms with van der Waals surface area (Å²) in [6.07, 6.45) is 4.79. The van der Waals surface area contributed by atoms with Gasteiger partial charge in [-0.25, -0.2) is 9.13 Å². The summed E-state index contributed by atoms with van der Waals surface area (Å²) in [7, 11) is 2.13. The van der Waals surface area contributed by atoms with Crippen LogP contribution in [0.15, 0.2) is 30.6 Å². The molecule has 0 aliphatic rings. The molecule has 0 aliphatic heterocycles. The molecule has 1 aromatic carbocycles. The van der Waals surface area contributed by atoms with Gasteiger partial charge in [0.25, 0.3) is 0 Å². The molecule has 1 aromatic heterocycles. The van der Waals surface area contributed by atoms with Gasteiger partial charge in [0.05, 0.1) is 13.6 Å². The van der Waals surface area contributed by atoms with E-state index in [4.69, 9.17) is 0 Å². The summed E-state index contributed by atoms with van der Waals surface area (Å²) in [5.74, 6) is 0.732. The lowest BCUT2D eigenvalue weighted by Crippen LogP contribution is -2.26. The monoisotopic (exact) mass is 243 g/mol. The highest BCUT2D eigenvalue weighted by Crippen LogP contribution is 2.21. The van der Waals surface area contributed by atoms with Crippen molar-refractivity contribution in [2.75, 3.05) is 0 Å². The minimum atomic E-state index is 0.732. The summed E-state index contributed by atoms with van der Waals surface area (Å²) in [5.41, 5.74) is 2.66. The molecular weight excluding hydrogens is 219 g/mol. The summed E-state index contributed by atoms with van der Waals surface area (Å²) in [5, 5.41) is 0. The third-order valence-electron chi connectivity index (χ3n) is 4.22. The maximum absolute atomic E-state index is 2.40. The van der Waals surface area contributed by atoms with Crippen LogP contribution in [0.4, 0.5) is 0 Å². The van der Waals surface area contributed by atoms with E-state index >= 15 is 0 Å². The number of rotatable bonds is 5. The van der Waals surface area contributed by atoms with Crippen LogP contribution in [-0.2, 0) is 13.6 Å². The number of hydrogen-bond acceptors (Lipinski definition) is 0. The van der Waals surface area contributed by atoms with Gasteiger partial charge in [-0.05, 0) is 17.9 Å². The molecule has 0 bridgehead atoms. The van der Waals surface area contributed by atoms with Crippen LogP contribution in [0.1, 0.15) is 20.8 Å². The SMILES string of the molecule is CCB(CC)C(C)Cn1c[n+](C)c2ccccc21. The summed E-state index contributed by atoms with van der Waals surface area (Å²) < 4.78 is 4.62. The number of aryl methyl sites for hydroxylation is 1. The van der Waals surface area contributed by atoms with Crippen molar-refractivity contribution in [2.24, 2.45) is 7.05 Å². The van der Waals surface area contributed by atoms with E-state index in [1.807, 2.05) is 0 Å². The molecule has 0 saturated carbocycles. The molecule has 0 radical (unpaired) electrons. The molecule has 18 heavy (non-hydrogen) atoms. The molecule has 2 aromatic rings. The van der Waals surface area contributed by atoms with Crippen molar-refractivity contribution in [2.45, 2.75) is 45.8 Å². The first-order valence-electron chi connectivity index (χ1n) is 7.10. The average molecular weight is 243 g/mol. The van der Waals surface area contributed by atoms with Gasteiger partial charge in [-0.15, -0.1) is 0 Å². The van der Waals surface area contributed by atoms with E-state index < -0.39 is 0 Å². The van der Waals surface area contributed by atoms with E-state index in [0.717, 1.165) is 19.1 Å². The second kappa shape index (κ2) is 5.60. The van der Waals surface area contributed by atoms with Crippen molar-refractivity contribution in [1.29, 1.82) is 0 Å². The quantitative estimate of drug-likeness (QED) is 0.562. The number of imidazole rings is 1. The van der Waals surface area contributed by atoms with Crippen LogP contribution in [-0.4, -0.2) is 11.3 Å². The standard InChI is InChI=1S/C15H24BN2/c1-5-16(6-2)13(3)11-18-12-17(4)14-9-7-8-10-15(14)18/h7-10,12-13H,5-6,11H2,1-4H3/q+1. The third kappa shape index (κ3) is 2.45. The van der Waals surface area contributed by atoms with E-state index in [1.165, 1.54) is 23.7 Å². The average Bonchev–Trinajstić information content (AvgIpc) is 2.69. The van der Waals surface area contributed by atoms with E-state index in [2.05, 4.69) is 67.5 Å². The van der Waals surface area contributed by atoms with Gasteiger partial charge in [-0.2, -0.15) is 0 Å². The second-order valence-corrected chi connectivity index (χ2v) is 5.42. The Balaban J connectivity index is 2.27. The lowest BCUT2D eigenvalue weighted by molar-refractivity contribution is -0.645. The third-order valence-corrected chi connectivity index (χ3v) is 4.22. The van der Waals surface area contributed by atoms with Gasteiger partial charge in [0.15, 0.2) is 11.0 Å². The Kier molecular flexibility index (Phi) is 4.10. The van der Waals surface area contributed by atoms with E-state index in [1.54, 1.807) is 0 Å². The Labute approximate surface area is 111 Å². The summed E-state index contributed by atoms with van der Waals surface area (Å²) in [6, 6.07) is 8.64. The molecule has 1 atom stereocenters. The maximum Gasteiger partial charge on any atom is 0.244 e. The predicted molar refractivity (Wildman–Crippen MR) is 79.3 cm³/mol. The van der Waals surface area contributed by atoms with E-state index in [9.17, 15) is 0 Å². The summed E-state index contributed by atoms with van der Waals surface area (Å²) >= 11 is 0. The molecule has 0 saturated heterocycles. The van der Waals surface area contributed by atoms with Gasteiger partial charge < -0.3 is 0 Å². The number of benzene rings is 1. The number of aromatic nitrogens is 2. The van der Waals surface area contributed by atoms with Crippen LogP contribution in [0.5, 0.6) is 0 Å². The second-order valence-electron chi connectivity index (χ2n) is 5.42. The van der Waals surface area contributed by atoms with Gasteiger partial charge in [0.2, 0.25) is 6.33 Å². The Bertz CT molecular complexity index is 514. The summed E-state index contributed by atoms with van der Waals surface area (Å²) in [4.78, 5) is 0. The van der Waals surface area contributed by atoms with Crippen molar-refractivity contribution in [3.63, 3.8) is 0 Å². The molecule has 0 fully saturated rings. The van der Waals surface area contributed by atoms with Crippen LogP contribution in [0, 0.1) is 0 Å². The topological polar surface area (TPSA) is 8.81 Å². The Hall–Kier alpha value is -1.25. The fraction of sp³-hybridized carbons (Fsp3) is 0.533. The molecule has 0 aliphatic carbocycles. The fourth-order valence-corrected chi connectivity index (χ4v) is 3.04. The first-order chi connectivity index (χ1) is 8.67. The number of nitrogens with zero attached hydrogens (tertiary/aromatic N) is 2. The van der Waals surface area contributed by atoms with Crippen molar-refractivity contribution in [1.82, 2.24) is 4.57 Å².